The second-order valence-corrected chi connectivity index (χ2v) is 8.47. The van der Waals surface area contributed by atoms with Crippen molar-refractivity contribution >= 4 is 29.3 Å². The van der Waals surface area contributed by atoms with Crippen LogP contribution >= 0.6 is 23.2 Å². The van der Waals surface area contributed by atoms with Gasteiger partial charge >= 0.3 is 6.09 Å². The van der Waals surface area contributed by atoms with Gasteiger partial charge in [-0.3, -0.25) is 0 Å². The second-order valence-electron chi connectivity index (χ2n) is 7.68. The van der Waals surface area contributed by atoms with Crippen molar-refractivity contribution in [2.24, 2.45) is 5.92 Å². The SMILES string of the molecule is CC(NCC1CCN(C(=O)OC(C)(C)C)CC1)c1cccc(Cl)c1Cl. The van der Waals surface area contributed by atoms with Gasteiger partial charge in [0, 0.05) is 19.1 Å². The lowest BCUT2D eigenvalue weighted by Gasteiger charge is -2.34. The predicted octanol–water partition coefficient (Wildman–Crippen LogP) is 5.29. The van der Waals surface area contributed by atoms with Crippen molar-refractivity contribution in [2.45, 2.75) is 52.2 Å². The molecule has 0 spiro atoms. The minimum Gasteiger partial charge on any atom is -0.444 e. The lowest BCUT2D eigenvalue weighted by molar-refractivity contribution is 0.0183. The van der Waals surface area contributed by atoms with Gasteiger partial charge in [-0.1, -0.05) is 35.3 Å². The highest BCUT2D eigenvalue weighted by Gasteiger charge is 2.27. The second kappa shape index (κ2) is 8.61. The Bertz CT molecular complexity index is 594. The van der Waals surface area contributed by atoms with E-state index in [1.54, 1.807) is 11.0 Å². The number of halogens is 2. The van der Waals surface area contributed by atoms with Crippen molar-refractivity contribution in [2.75, 3.05) is 19.6 Å². The Morgan fingerprint density at radius 3 is 2.56 bits per heavy atom. The molecule has 1 N–H and O–H groups in total. The molecule has 1 fully saturated rings. The molecule has 6 heteroatoms. The molecule has 0 bridgehead atoms. The van der Waals surface area contributed by atoms with Gasteiger partial charge in [0.25, 0.3) is 0 Å². The van der Waals surface area contributed by atoms with Crippen LogP contribution in [0.2, 0.25) is 10.0 Å². The first-order chi connectivity index (χ1) is 11.7. The Kier molecular flexibility index (Phi) is 7.01. The molecule has 1 atom stereocenters. The number of rotatable bonds is 4. The first-order valence-electron chi connectivity index (χ1n) is 8.82. The highest BCUT2D eigenvalue weighted by Crippen LogP contribution is 2.30. The van der Waals surface area contributed by atoms with Crippen LogP contribution in [-0.4, -0.2) is 36.2 Å². The lowest BCUT2D eigenvalue weighted by Crippen LogP contribution is -2.43. The fourth-order valence-corrected chi connectivity index (χ4v) is 3.43. The van der Waals surface area contributed by atoms with E-state index in [4.69, 9.17) is 27.9 Å². The number of nitrogens with zero attached hydrogens (tertiary/aromatic N) is 1. The van der Waals surface area contributed by atoms with Crippen molar-refractivity contribution in [3.63, 3.8) is 0 Å². The summed E-state index contributed by atoms with van der Waals surface area (Å²) in [5, 5.41) is 4.74. The quantitative estimate of drug-likeness (QED) is 0.763. The number of nitrogens with one attached hydrogen (secondary N) is 1. The van der Waals surface area contributed by atoms with Crippen LogP contribution < -0.4 is 5.32 Å². The third-order valence-corrected chi connectivity index (χ3v) is 5.26. The predicted molar refractivity (Wildman–Crippen MR) is 103 cm³/mol. The molecule has 0 aliphatic carbocycles. The van der Waals surface area contributed by atoms with Crippen LogP contribution in [0.3, 0.4) is 0 Å². The van der Waals surface area contributed by atoms with Crippen LogP contribution in [0.15, 0.2) is 18.2 Å². The Morgan fingerprint density at radius 2 is 1.96 bits per heavy atom. The summed E-state index contributed by atoms with van der Waals surface area (Å²) in [7, 11) is 0. The van der Waals surface area contributed by atoms with Gasteiger partial charge in [-0.2, -0.15) is 0 Å². The zero-order valence-electron chi connectivity index (χ0n) is 15.4. The third-order valence-electron chi connectivity index (χ3n) is 4.43. The number of hydrogen-bond donors (Lipinski definition) is 1. The first kappa shape index (κ1) is 20.3. The highest BCUT2D eigenvalue weighted by atomic mass is 35.5. The average molecular weight is 387 g/mol. The fraction of sp³-hybridized carbons (Fsp3) is 0.632. The van der Waals surface area contributed by atoms with E-state index in [2.05, 4.69) is 12.2 Å². The maximum atomic E-state index is 12.1. The summed E-state index contributed by atoms with van der Waals surface area (Å²) in [6.07, 6.45) is 1.74. The van der Waals surface area contributed by atoms with Crippen molar-refractivity contribution in [1.82, 2.24) is 10.2 Å². The van der Waals surface area contributed by atoms with Crippen LogP contribution in [0.5, 0.6) is 0 Å². The molecular weight excluding hydrogens is 359 g/mol. The largest absolute Gasteiger partial charge is 0.444 e. The molecule has 1 amide bonds. The Hall–Kier alpha value is -0.970. The van der Waals surface area contributed by atoms with Crippen LogP contribution in [0.25, 0.3) is 0 Å². The summed E-state index contributed by atoms with van der Waals surface area (Å²) < 4.78 is 5.44. The molecule has 1 aliphatic heterocycles. The molecular formula is C19H28Cl2N2O2. The van der Waals surface area contributed by atoms with Gasteiger partial charge < -0.3 is 15.0 Å². The smallest absolute Gasteiger partial charge is 0.410 e. The first-order valence-corrected chi connectivity index (χ1v) is 9.58. The molecule has 0 aromatic heterocycles. The van der Waals surface area contributed by atoms with E-state index in [0.717, 1.165) is 38.0 Å². The zero-order chi connectivity index (χ0) is 18.6. The molecule has 1 heterocycles. The van der Waals surface area contributed by atoms with Crippen molar-refractivity contribution in [3.05, 3.63) is 33.8 Å². The fourth-order valence-electron chi connectivity index (χ4n) is 2.95. The minimum absolute atomic E-state index is 0.134. The van der Waals surface area contributed by atoms with Gasteiger partial charge in [-0.05, 0) is 64.6 Å². The molecule has 1 aliphatic rings. The normalized spacial score (nSPS) is 17.4. The van der Waals surface area contributed by atoms with Gasteiger partial charge in [-0.15, -0.1) is 0 Å². The maximum absolute atomic E-state index is 12.1. The van der Waals surface area contributed by atoms with E-state index in [1.165, 1.54) is 0 Å². The van der Waals surface area contributed by atoms with E-state index in [-0.39, 0.29) is 12.1 Å². The maximum Gasteiger partial charge on any atom is 0.410 e. The minimum atomic E-state index is -0.443. The molecule has 4 nitrogen and oxygen atoms in total. The molecule has 1 aromatic rings. The van der Waals surface area contributed by atoms with E-state index in [9.17, 15) is 4.79 Å². The molecule has 140 valence electrons. The van der Waals surface area contributed by atoms with Gasteiger partial charge in [0.15, 0.2) is 0 Å². The molecule has 25 heavy (non-hydrogen) atoms. The lowest BCUT2D eigenvalue weighted by atomic mass is 9.96. The summed E-state index contributed by atoms with van der Waals surface area (Å²) >= 11 is 12.4. The summed E-state index contributed by atoms with van der Waals surface area (Å²) in [4.78, 5) is 13.9. The van der Waals surface area contributed by atoms with Crippen molar-refractivity contribution in [1.29, 1.82) is 0 Å². The van der Waals surface area contributed by atoms with Crippen molar-refractivity contribution in [3.8, 4) is 0 Å². The Labute approximate surface area is 160 Å². The number of amides is 1. The van der Waals surface area contributed by atoms with Crippen LogP contribution in [0.1, 0.15) is 52.1 Å². The number of ether oxygens (including phenoxy) is 1. The number of piperidine rings is 1. The van der Waals surface area contributed by atoms with Gasteiger partial charge in [0.05, 0.1) is 10.0 Å². The summed E-state index contributed by atoms with van der Waals surface area (Å²) in [6.45, 7) is 10.2. The van der Waals surface area contributed by atoms with Gasteiger partial charge in [0.2, 0.25) is 0 Å². The third kappa shape index (κ3) is 6.05. The van der Waals surface area contributed by atoms with Gasteiger partial charge in [-0.25, -0.2) is 4.79 Å². The summed E-state index contributed by atoms with van der Waals surface area (Å²) in [6, 6.07) is 5.85. The number of likely N-dealkylation sites (tertiary alicyclic amines) is 1. The Balaban J connectivity index is 1.79. The topological polar surface area (TPSA) is 41.6 Å². The molecule has 1 unspecified atom stereocenters. The molecule has 0 radical (unpaired) electrons. The monoisotopic (exact) mass is 386 g/mol. The van der Waals surface area contributed by atoms with Crippen LogP contribution in [0, 0.1) is 5.92 Å². The van der Waals surface area contributed by atoms with E-state index in [1.807, 2.05) is 32.9 Å². The highest BCUT2D eigenvalue weighted by molar-refractivity contribution is 6.42. The number of hydrogen-bond acceptors (Lipinski definition) is 3. The zero-order valence-corrected chi connectivity index (χ0v) is 17.0. The van der Waals surface area contributed by atoms with Gasteiger partial charge in [0.1, 0.15) is 5.60 Å². The average Bonchev–Trinajstić information content (AvgIpc) is 2.54. The number of carbonyl (C=O) groups excluding carboxylic acids is 1. The van der Waals surface area contributed by atoms with Crippen molar-refractivity contribution < 1.29 is 9.53 Å². The number of carbonyl (C=O) groups is 1. The number of benzene rings is 1. The van der Waals surface area contributed by atoms with Crippen LogP contribution in [-0.2, 0) is 4.74 Å². The Morgan fingerprint density at radius 1 is 1.32 bits per heavy atom. The van der Waals surface area contributed by atoms with E-state index < -0.39 is 5.60 Å². The van der Waals surface area contributed by atoms with E-state index in [0.29, 0.717) is 16.0 Å². The summed E-state index contributed by atoms with van der Waals surface area (Å²) in [5.41, 5.74) is 0.571. The van der Waals surface area contributed by atoms with E-state index >= 15 is 0 Å². The molecule has 1 aromatic carbocycles. The molecule has 1 saturated heterocycles. The standard InChI is InChI=1S/C19H28Cl2N2O2/c1-13(15-6-5-7-16(20)17(15)21)22-12-14-8-10-23(11-9-14)18(24)25-19(2,3)4/h5-7,13-14,22H,8-12H2,1-4H3. The molecule has 0 saturated carbocycles. The summed E-state index contributed by atoms with van der Waals surface area (Å²) in [5.74, 6) is 0.541. The molecule has 2 rings (SSSR count). The van der Waals surface area contributed by atoms with Crippen LogP contribution in [0.4, 0.5) is 4.79 Å².